The summed E-state index contributed by atoms with van der Waals surface area (Å²) in [6, 6.07) is 43.1. The maximum absolute atomic E-state index is 12.0. The minimum Gasteiger partial charge on any atom is -0.478 e. The number of carboxylic acid groups (broad SMARTS) is 1. The van der Waals surface area contributed by atoms with Gasteiger partial charge in [0, 0.05) is 17.7 Å². The first-order valence-corrected chi connectivity index (χ1v) is 14.3. The lowest BCUT2D eigenvalue weighted by atomic mass is 10.2. The van der Waals surface area contributed by atoms with Gasteiger partial charge in [0.1, 0.15) is 15.9 Å². The Morgan fingerprint density at radius 1 is 0.675 bits per heavy atom. The van der Waals surface area contributed by atoms with Gasteiger partial charge in [-0.1, -0.05) is 66.7 Å². The highest BCUT2D eigenvalue weighted by Gasteiger charge is 2.52. The van der Waals surface area contributed by atoms with E-state index in [0.717, 1.165) is 15.9 Å². The number of carboxylic acids is 1. The molecule has 0 unspecified atom stereocenters. The highest BCUT2D eigenvalue weighted by Crippen LogP contribution is 2.58. The normalized spacial score (nSPS) is 11.6. The number of nitrogens with one attached hydrogen (secondary N) is 1. The van der Waals surface area contributed by atoms with Crippen molar-refractivity contribution in [1.82, 2.24) is 0 Å². The van der Waals surface area contributed by atoms with Crippen molar-refractivity contribution in [2.45, 2.75) is 0 Å². The molecule has 196 valence electrons. The Balaban J connectivity index is 1.86. The van der Waals surface area contributed by atoms with Gasteiger partial charge >= 0.3 is 5.97 Å². The molecule has 0 saturated heterocycles. The molecule has 0 radical (unpaired) electrons. The van der Waals surface area contributed by atoms with Gasteiger partial charge in [-0.3, -0.25) is 15.5 Å². The highest BCUT2D eigenvalue weighted by atomic mass is 31.2. The molecule has 0 aliphatic heterocycles. The first kappa shape index (κ1) is 26.5. The van der Waals surface area contributed by atoms with Crippen LogP contribution in [0.1, 0.15) is 15.9 Å². The summed E-state index contributed by atoms with van der Waals surface area (Å²) < 4.78 is 0. The van der Waals surface area contributed by atoms with Crippen LogP contribution in [0.4, 0.5) is 11.4 Å². The monoisotopic (exact) mass is 546 g/mol. The summed E-state index contributed by atoms with van der Waals surface area (Å²) >= 11 is 0. The van der Waals surface area contributed by atoms with Crippen molar-refractivity contribution in [3.05, 3.63) is 161 Å². The lowest BCUT2D eigenvalue weighted by Crippen LogP contribution is -2.37. The van der Waals surface area contributed by atoms with Crippen LogP contribution >= 0.6 is 7.26 Å². The molecule has 0 fully saturated rings. The predicted molar refractivity (Wildman–Crippen MR) is 162 cm³/mol. The number of nitro benzene ring substituents is 1. The van der Waals surface area contributed by atoms with Crippen LogP contribution in [0.15, 0.2) is 145 Å². The molecule has 7 nitrogen and oxygen atoms in total. The topological polar surface area (TPSA) is 105 Å². The molecule has 0 bridgehead atoms. The van der Waals surface area contributed by atoms with Crippen LogP contribution in [0.25, 0.3) is 0 Å². The zero-order valence-corrected chi connectivity index (χ0v) is 22.2. The summed E-state index contributed by atoms with van der Waals surface area (Å²) in [6.45, 7) is 0. The Morgan fingerprint density at radius 3 is 1.57 bits per heavy atom. The molecule has 0 heterocycles. The van der Waals surface area contributed by atoms with E-state index in [1.54, 1.807) is 30.3 Å². The van der Waals surface area contributed by atoms with Gasteiger partial charge in [-0.2, -0.15) is 0 Å². The molecule has 40 heavy (non-hydrogen) atoms. The molecule has 0 atom stereocenters. The van der Waals surface area contributed by atoms with E-state index in [4.69, 9.17) is 5.10 Å². The Labute approximate surface area is 231 Å². The number of nitro groups is 1. The van der Waals surface area contributed by atoms with Crippen molar-refractivity contribution in [3.8, 4) is 0 Å². The maximum atomic E-state index is 12.0. The summed E-state index contributed by atoms with van der Waals surface area (Å²) in [5.41, 5.74) is 4.75. The first-order valence-electron chi connectivity index (χ1n) is 12.5. The number of aromatic carboxylic acids is 1. The third kappa shape index (κ3) is 5.10. The molecule has 2 N–H and O–H groups in total. The number of non-ortho nitro benzene ring substituents is 1. The standard InChI is InChI=1S/C32H24N3O4P/c36-32(37)29-18-10-11-19-30(29)33-34-31(24-20-22-25(23-21-24)35(38)39)40(26-12-4-1-5-13-26,27-14-6-2-7-15-27)28-16-8-3-9-17-28/h1-23,33H/p+1/b34-31+. The molecule has 0 aromatic heterocycles. The SMILES string of the molecule is O=C(O)c1ccccc1N/N=C(\c1ccc([N+](=O)[O-])cc1)[P+](c1ccccc1)(c1ccccc1)c1ccccc1. The van der Waals surface area contributed by atoms with Gasteiger partial charge in [0.2, 0.25) is 5.45 Å². The summed E-state index contributed by atoms with van der Waals surface area (Å²) in [7, 11) is -2.73. The maximum Gasteiger partial charge on any atom is 0.337 e. The largest absolute Gasteiger partial charge is 0.478 e. The summed E-state index contributed by atoms with van der Waals surface area (Å²) in [4.78, 5) is 23.0. The van der Waals surface area contributed by atoms with Crippen LogP contribution in [0.3, 0.4) is 0 Å². The molecular weight excluding hydrogens is 521 g/mol. The van der Waals surface area contributed by atoms with Crippen molar-refractivity contribution in [3.63, 3.8) is 0 Å². The van der Waals surface area contributed by atoms with E-state index < -0.39 is 18.2 Å². The van der Waals surface area contributed by atoms with Crippen molar-refractivity contribution in [2.75, 3.05) is 5.43 Å². The van der Waals surface area contributed by atoms with Crippen LogP contribution in [0, 0.1) is 10.1 Å². The van der Waals surface area contributed by atoms with Crippen molar-refractivity contribution < 1.29 is 14.8 Å². The quantitative estimate of drug-likeness (QED) is 0.101. The van der Waals surface area contributed by atoms with E-state index in [9.17, 15) is 20.0 Å². The van der Waals surface area contributed by atoms with E-state index in [1.165, 1.54) is 18.2 Å². The van der Waals surface area contributed by atoms with Crippen LogP contribution in [-0.4, -0.2) is 21.5 Å². The molecular formula is C32H25N3O4P+. The molecule has 0 spiro atoms. The van der Waals surface area contributed by atoms with Crippen molar-refractivity contribution in [1.29, 1.82) is 0 Å². The third-order valence-corrected chi connectivity index (χ3v) is 10.7. The fraction of sp³-hybridized carbons (Fsp3) is 0. The fourth-order valence-electron chi connectivity index (χ4n) is 4.71. The van der Waals surface area contributed by atoms with Gasteiger partial charge in [-0.15, -0.1) is 5.10 Å². The minimum absolute atomic E-state index is 0.0321. The van der Waals surface area contributed by atoms with Gasteiger partial charge < -0.3 is 5.11 Å². The molecule has 8 heteroatoms. The lowest BCUT2D eigenvalue weighted by Gasteiger charge is -2.28. The predicted octanol–water partition coefficient (Wildman–Crippen LogP) is 6.06. The fourth-order valence-corrected chi connectivity index (χ4v) is 8.94. The van der Waals surface area contributed by atoms with Gasteiger partial charge in [0.05, 0.1) is 16.2 Å². The summed E-state index contributed by atoms with van der Waals surface area (Å²) in [6.07, 6.45) is 0. The molecule has 0 saturated carbocycles. The smallest absolute Gasteiger partial charge is 0.337 e. The Morgan fingerprint density at radius 2 is 1.12 bits per heavy atom. The average molecular weight is 547 g/mol. The highest BCUT2D eigenvalue weighted by molar-refractivity contribution is 8.09. The summed E-state index contributed by atoms with van der Waals surface area (Å²) in [5.74, 6) is -1.08. The number of anilines is 1. The van der Waals surface area contributed by atoms with Gasteiger partial charge in [-0.05, 0) is 60.7 Å². The Hall–Kier alpha value is -5.13. The van der Waals surface area contributed by atoms with E-state index in [-0.39, 0.29) is 11.3 Å². The van der Waals surface area contributed by atoms with Crippen molar-refractivity contribution >= 4 is 46.0 Å². The number of rotatable bonds is 9. The molecule has 5 aromatic rings. The van der Waals surface area contributed by atoms with E-state index in [0.29, 0.717) is 16.7 Å². The number of hydrogen-bond acceptors (Lipinski definition) is 5. The second kappa shape index (κ2) is 11.7. The number of hydrazone groups is 1. The molecule has 0 amide bonds. The molecule has 0 aliphatic rings. The molecule has 0 aliphatic carbocycles. The zero-order valence-electron chi connectivity index (χ0n) is 21.3. The van der Waals surface area contributed by atoms with Crippen LogP contribution in [0.2, 0.25) is 0 Å². The number of carbonyl (C=O) groups is 1. The van der Waals surface area contributed by atoms with Crippen molar-refractivity contribution in [2.24, 2.45) is 5.10 Å². The molecule has 5 rings (SSSR count). The van der Waals surface area contributed by atoms with Gasteiger partial charge in [0.25, 0.3) is 5.69 Å². The van der Waals surface area contributed by atoms with E-state index >= 15 is 0 Å². The van der Waals surface area contributed by atoms with Crippen LogP contribution < -0.4 is 21.3 Å². The first-order chi connectivity index (χ1) is 19.5. The number of benzene rings is 5. The number of hydrogen-bond donors (Lipinski definition) is 2. The lowest BCUT2D eigenvalue weighted by molar-refractivity contribution is -0.384. The van der Waals surface area contributed by atoms with Gasteiger partial charge in [0.15, 0.2) is 7.26 Å². The van der Waals surface area contributed by atoms with Crippen LogP contribution in [0.5, 0.6) is 0 Å². The number of para-hydroxylation sites is 1. The third-order valence-electron chi connectivity index (χ3n) is 6.52. The number of nitrogens with zero attached hydrogens (tertiary/aromatic N) is 2. The van der Waals surface area contributed by atoms with Gasteiger partial charge in [-0.25, -0.2) is 4.79 Å². The van der Waals surface area contributed by atoms with Crippen LogP contribution in [-0.2, 0) is 0 Å². The van der Waals surface area contributed by atoms with E-state index in [2.05, 4.69) is 41.8 Å². The zero-order chi connectivity index (χ0) is 28.0. The average Bonchev–Trinajstić information content (AvgIpc) is 3.01. The second-order valence-electron chi connectivity index (χ2n) is 8.88. The molecule has 5 aromatic carbocycles. The second-order valence-corrected chi connectivity index (χ2v) is 12.2. The minimum atomic E-state index is -2.73. The van der Waals surface area contributed by atoms with E-state index in [1.807, 2.05) is 54.6 Å². The Kier molecular flexibility index (Phi) is 7.76. The Bertz CT molecular complexity index is 1560. The summed E-state index contributed by atoms with van der Waals surface area (Å²) in [5, 5.41) is 29.3.